The van der Waals surface area contributed by atoms with E-state index < -0.39 is 0 Å². The Labute approximate surface area is 70.9 Å². The number of hydrogen-bond acceptors (Lipinski definition) is 4. The predicted molar refractivity (Wildman–Crippen MR) is 42.7 cm³/mol. The van der Waals surface area contributed by atoms with Crippen LogP contribution in [0.25, 0.3) is 0 Å². The number of rotatable bonds is 3. The van der Waals surface area contributed by atoms with Crippen molar-refractivity contribution in [2.45, 2.75) is 19.5 Å². The molecule has 2 rings (SSSR count). The molecule has 1 aliphatic rings. The Morgan fingerprint density at radius 3 is 3.00 bits per heavy atom. The second-order valence-electron chi connectivity index (χ2n) is 2.98. The monoisotopic (exact) mass is 168 g/mol. The van der Waals surface area contributed by atoms with Gasteiger partial charge in [-0.2, -0.15) is 0 Å². The van der Waals surface area contributed by atoms with Gasteiger partial charge in [-0.3, -0.25) is 0 Å². The molecule has 0 aromatic carbocycles. The predicted octanol–water partition coefficient (Wildman–Crippen LogP) is 0.471. The highest BCUT2D eigenvalue weighted by Gasteiger charge is 2.17. The molecule has 4 nitrogen and oxygen atoms in total. The Balaban J connectivity index is 1.79. The van der Waals surface area contributed by atoms with Crippen LogP contribution in [0.3, 0.4) is 0 Å². The number of hydrogen-bond donors (Lipinski definition) is 1. The molecule has 4 heteroatoms. The molecule has 1 aliphatic heterocycles. The van der Waals surface area contributed by atoms with Crippen molar-refractivity contribution in [1.29, 1.82) is 0 Å². The molecule has 1 saturated heterocycles. The molecule has 0 saturated carbocycles. The van der Waals surface area contributed by atoms with E-state index in [1.54, 1.807) is 6.20 Å². The van der Waals surface area contributed by atoms with Gasteiger partial charge >= 0.3 is 0 Å². The van der Waals surface area contributed by atoms with Gasteiger partial charge in [0.15, 0.2) is 0 Å². The summed E-state index contributed by atoms with van der Waals surface area (Å²) in [6.45, 7) is 4.20. The lowest BCUT2D eigenvalue weighted by Gasteiger charge is -2.26. The van der Waals surface area contributed by atoms with Gasteiger partial charge in [0.2, 0.25) is 5.89 Å². The number of nitrogens with zero attached hydrogens (tertiary/aromatic N) is 1. The molecule has 0 radical (unpaired) electrons. The average molecular weight is 168 g/mol. The second kappa shape index (κ2) is 3.25. The van der Waals surface area contributed by atoms with Crippen LogP contribution in [0.5, 0.6) is 0 Å². The Morgan fingerprint density at radius 2 is 2.50 bits per heavy atom. The number of nitrogens with one attached hydrogen (secondary N) is 1. The van der Waals surface area contributed by atoms with E-state index in [9.17, 15) is 0 Å². The molecule has 2 heterocycles. The molecule has 0 aliphatic carbocycles. The van der Waals surface area contributed by atoms with Crippen LogP contribution in [0.4, 0.5) is 0 Å². The number of oxazole rings is 1. The van der Waals surface area contributed by atoms with E-state index in [0.29, 0.717) is 12.6 Å². The summed E-state index contributed by atoms with van der Waals surface area (Å²) in [4.78, 5) is 4.08. The van der Waals surface area contributed by atoms with Crippen LogP contribution in [0.2, 0.25) is 0 Å². The fraction of sp³-hybridized carbons (Fsp3) is 0.625. The number of ether oxygens (including phenoxy) is 1. The molecule has 1 fully saturated rings. The van der Waals surface area contributed by atoms with Crippen molar-refractivity contribution < 1.29 is 9.15 Å². The van der Waals surface area contributed by atoms with E-state index >= 15 is 0 Å². The van der Waals surface area contributed by atoms with Crippen molar-refractivity contribution >= 4 is 0 Å². The molecule has 1 N–H and O–H groups in total. The zero-order chi connectivity index (χ0) is 8.39. The van der Waals surface area contributed by atoms with Gasteiger partial charge < -0.3 is 14.5 Å². The first-order chi connectivity index (χ1) is 5.84. The molecule has 1 aromatic heterocycles. The minimum Gasteiger partial charge on any atom is -0.445 e. The number of aromatic nitrogens is 1. The van der Waals surface area contributed by atoms with Crippen LogP contribution in [0, 0.1) is 6.92 Å². The molecule has 0 amide bonds. The lowest BCUT2D eigenvalue weighted by Crippen LogP contribution is -2.45. The van der Waals surface area contributed by atoms with Gasteiger partial charge in [0.1, 0.15) is 5.76 Å². The third-order valence-corrected chi connectivity index (χ3v) is 1.85. The minimum atomic E-state index is 0.484. The maximum absolute atomic E-state index is 5.29. The van der Waals surface area contributed by atoms with Crippen LogP contribution >= 0.6 is 0 Å². The standard InChI is InChI=1S/C8H12N2O2/c1-6-2-10-8(12-6)3-9-7-4-11-5-7/h2,7,9H,3-5H2,1H3. The van der Waals surface area contributed by atoms with E-state index in [1.165, 1.54) is 0 Å². The molecule has 1 aromatic rings. The van der Waals surface area contributed by atoms with Crippen molar-refractivity contribution in [3.05, 3.63) is 17.8 Å². The second-order valence-corrected chi connectivity index (χ2v) is 2.98. The topological polar surface area (TPSA) is 47.3 Å². The largest absolute Gasteiger partial charge is 0.445 e. The molecule has 0 spiro atoms. The first-order valence-corrected chi connectivity index (χ1v) is 4.07. The summed E-state index contributed by atoms with van der Waals surface area (Å²) in [7, 11) is 0. The Kier molecular flexibility index (Phi) is 2.10. The molecule has 12 heavy (non-hydrogen) atoms. The lowest BCUT2D eigenvalue weighted by atomic mass is 10.2. The van der Waals surface area contributed by atoms with Crippen molar-refractivity contribution in [2.24, 2.45) is 0 Å². The first kappa shape index (κ1) is 7.76. The van der Waals surface area contributed by atoms with Gasteiger partial charge in [-0.15, -0.1) is 0 Å². The third-order valence-electron chi connectivity index (χ3n) is 1.85. The first-order valence-electron chi connectivity index (χ1n) is 4.07. The summed E-state index contributed by atoms with van der Waals surface area (Å²) in [5.41, 5.74) is 0. The summed E-state index contributed by atoms with van der Waals surface area (Å²) in [5.74, 6) is 1.61. The summed E-state index contributed by atoms with van der Waals surface area (Å²) in [6, 6.07) is 0.484. The molecule has 66 valence electrons. The van der Waals surface area contributed by atoms with Crippen LogP contribution in [0.15, 0.2) is 10.6 Å². The number of aryl methyl sites for hydroxylation is 1. The van der Waals surface area contributed by atoms with Crippen LogP contribution in [0.1, 0.15) is 11.7 Å². The SMILES string of the molecule is Cc1cnc(CNC2COC2)o1. The summed E-state index contributed by atoms with van der Waals surface area (Å²) < 4.78 is 10.3. The molecule has 0 bridgehead atoms. The van der Waals surface area contributed by atoms with Crippen molar-refractivity contribution in [3.8, 4) is 0 Å². The van der Waals surface area contributed by atoms with Gasteiger partial charge in [0, 0.05) is 0 Å². The van der Waals surface area contributed by atoms with Gasteiger partial charge in [0.05, 0.1) is 32.0 Å². The van der Waals surface area contributed by atoms with E-state index in [-0.39, 0.29) is 0 Å². The lowest BCUT2D eigenvalue weighted by molar-refractivity contribution is -0.00661. The zero-order valence-electron chi connectivity index (χ0n) is 7.04. The van der Waals surface area contributed by atoms with E-state index in [2.05, 4.69) is 10.3 Å². The van der Waals surface area contributed by atoms with Crippen molar-refractivity contribution in [3.63, 3.8) is 0 Å². The van der Waals surface area contributed by atoms with Crippen molar-refractivity contribution in [1.82, 2.24) is 10.3 Å². The fourth-order valence-electron chi connectivity index (χ4n) is 1.07. The highest BCUT2D eigenvalue weighted by molar-refractivity contribution is 4.91. The quantitative estimate of drug-likeness (QED) is 0.712. The van der Waals surface area contributed by atoms with Crippen LogP contribution in [-0.2, 0) is 11.3 Å². The summed E-state index contributed by atoms with van der Waals surface area (Å²) in [5, 5.41) is 3.27. The molecular formula is C8H12N2O2. The Hall–Kier alpha value is -0.870. The maximum atomic E-state index is 5.29. The van der Waals surface area contributed by atoms with E-state index in [1.807, 2.05) is 6.92 Å². The van der Waals surface area contributed by atoms with Gasteiger partial charge in [-0.05, 0) is 6.92 Å². The normalized spacial score (nSPS) is 17.8. The van der Waals surface area contributed by atoms with Gasteiger partial charge in [-0.25, -0.2) is 4.98 Å². The Morgan fingerprint density at radius 1 is 1.67 bits per heavy atom. The smallest absolute Gasteiger partial charge is 0.208 e. The summed E-state index contributed by atoms with van der Waals surface area (Å²) in [6.07, 6.45) is 1.73. The maximum Gasteiger partial charge on any atom is 0.208 e. The fourth-order valence-corrected chi connectivity index (χ4v) is 1.07. The third kappa shape index (κ3) is 1.65. The van der Waals surface area contributed by atoms with E-state index in [0.717, 1.165) is 24.9 Å². The summed E-state index contributed by atoms with van der Waals surface area (Å²) >= 11 is 0. The minimum absolute atomic E-state index is 0.484. The van der Waals surface area contributed by atoms with Crippen LogP contribution in [-0.4, -0.2) is 24.2 Å². The van der Waals surface area contributed by atoms with E-state index in [4.69, 9.17) is 9.15 Å². The highest BCUT2D eigenvalue weighted by Crippen LogP contribution is 2.04. The van der Waals surface area contributed by atoms with Gasteiger partial charge in [-0.1, -0.05) is 0 Å². The molecule has 0 unspecified atom stereocenters. The average Bonchev–Trinajstić information content (AvgIpc) is 2.32. The van der Waals surface area contributed by atoms with Crippen LogP contribution < -0.4 is 5.32 Å². The zero-order valence-corrected chi connectivity index (χ0v) is 7.04. The van der Waals surface area contributed by atoms with Crippen molar-refractivity contribution in [2.75, 3.05) is 13.2 Å². The van der Waals surface area contributed by atoms with Gasteiger partial charge in [0.25, 0.3) is 0 Å². The highest BCUT2D eigenvalue weighted by atomic mass is 16.5. The molecular weight excluding hydrogens is 156 g/mol. The Bertz CT molecular complexity index is 255. The molecule has 0 atom stereocenters.